The standard InChI is InChI=1S/C31H32O8/c1-17(32)36-23-11-19-21(13-24(23)37-18(2)33)31(15-27(19,3)4)16-28(5,6)20-12-25(38-29(7,8)34)26(14-22(20)31)39-30(9,10)35/h7,9,11-14H,1-2,15-16H2,3-6,8,10H3. The van der Waals surface area contributed by atoms with Crippen LogP contribution in [0, 0.1) is 27.7 Å². The van der Waals surface area contributed by atoms with Gasteiger partial charge >= 0.3 is 11.9 Å². The van der Waals surface area contributed by atoms with E-state index in [9.17, 15) is 19.8 Å². The lowest BCUT2D eigenvalue weighted by Gasteiger charge is -2.31. The first kappa shape index (κ1) is 28.9. The van der Waals surface area contributed by atoms with Crippen LogP contribution in [0.3, 0.4) is 0 Å². The van der Waals surface area contributed by atoms with Crippen LogP contribution >= 0.6 is 0 Å². The van der Waals surface area contributed by atoms with Crippen molar-refractivity contribution in [3.05, 3.63) is 74.2 Å². The summed E-state index contributed by atoms with van der Waals surface area (Å²) in [5, 5.41) is 24.7. The van der Waals surface area contributed by atoms with E-state index >= 15 is 0 Å². The number of hydrogen-bond acceptors (Lipinski definition) is 6. The van der Waals surface area contributed by atoms with E-state index in [1.807, 2.05) is 0 Å². The third-order valence-corrected chi connectivity index (χ3v) is 7.22. The first-order chi connectivity index (χ1) is 17.6. The summed E-state index contributed by atoms with van der Waals surface area (Å²) in [7, 11) is 0. The summed E-state index contributed by atoms with van der Waals surface area (Å²) in [6, 6.07) is 6.74. The summed E-state index contributed by atoms with van der Waals surface area (Å²) in [5.41, 5.74) is 1.96. The molecule has 204 valence electrons. The van der Waals surface area contributed by atoms with E-state index in [2.05, 4.69) is 41.5 Å². The van der Waals surface area contributed by atoms with Gasteiger partial charge in [-0.05, 0) is 70.2 Å². The van der Waals surface area contributed by atoms with Crippen LogP contribution in [0.1, 0.15) is 76.6 Å². The molecule has 0 aromatic heterocycles. The average molecular weight is 533 g/mol. The highest BCUT2D eigenvalue weighted by atomic mass is 16.7. The minimum atomic E-state index is -2.32. The van der Waals surface area contributed by atoms with Gasteiger partial charge in [0.2, 0.25) is 11.6 Å². The minimum Gasteiger partial charge on any atom is -0.456 e. The molecule has 1 spiro atoms. The van der Waals surface area contributed by atoms with Crippen molar-refractivity contribution in [2.24, 2.45) is 0 Å². The molecule has 8 heteroatoms. The van der Waals surface area contributed by atoms with E-state index in [1.54, 1.807) is 24.3 Å². The largest absolute Gasteiger partial charge is 0.456 e. The third kappa shape index (κ3) is 5.50. The van der Waals surface area contributed by atoms with E-state index < -0.39 is 39.8 Å². The van der Waals surface area contributed by atoms with Crippen LogP contribution in [0.25, 0.3) is 0 Å². The van der Waals surface area contributed by atoms with E-state index in [4.69, 9.17) is 32.8 Å². The van der Waals surface area contributed by atoms with Crippen molar-refractivity contribution >= 4 is 11.9 Å². The maximum absolute atomic E-state index is 12.4. The van der Waals surface area contributed by atoms with Gasteiger partial charge in [-0.3, -0.25) is 9.59 Å². The third-order valence-electron chi connectivity index (χ3n) is 7.22. The average Bonchev–Trinajstić information content (AvgIpc) is 3.05. The van der Waals surface area contributed by atoms with Gasteiger partial charge in [0.05, 0.1) is 13.8 Å². The molecule has 39 heavy (non-hydrogen) atoms. The summed E-state index contributed by atoms with van der Waals surface area (Å²) >= 11 is 0. The summed E-state index contributed by atoms with van der Waals surface area (Å²) in [5.74, 6) is -6.17. The van der Waals surface area contributed by atoms with Crippen molar-refractivity contribution in [3.8, 4) is 23.0 Å². The van der Waals surface area contributed by atoms with Gasteiger partial charge in [0.1, 0.15) is 0 Å². The zero-order chi connectivity index (χ0) is 29.3. The molecule has 2 aliphatic rings. The molecule has 8 nitrogen and oxygen atoms in total. The monoisotopic (exact) mass is 532 g/mol. The Bertz CT molecular complexity index is 1340. The Balaban J connectivity index is 2.01. The molecular formula is C31H32O8. The SMILES string of the molecule is [CH]C(C)([O])Oc1cc2c(cc1OC([CH])(C)[O])C1(CC(C)(C)c3cc(OC([CH2])=O)c(OC([CH2])=O)cc31)CC2(C)C. The molecule has 0 fully saturated rings. The molecule has 3 unspecified atom stereocenters. The second kappa shape index (κ2) is 8.96. The Kier molecular flexibility index (Phi) is 6.64. The Morgan fingerprint density at radius 2 is 1.00 bits per heavy atom. The first-order valence-corrected chi connectivity index (χ1v) is 12.5. The van der Waals surface area contributed by atoms with Crippen LogP contribution in [0.5, 0.6) is 23.0 Å². The van der Waals surface area contributed by atoms with Crippen molar-refractivity contribution in [3.63, 3.8) is 0 Å². The van der Waals surface area contributed by atoms with Crippen molar-refractivity contribution in [1.29, 1.82) is 0 Å². The lowest BCUT2D eigenvalue weighted by atomic mass is 9.72. The fourth-order valence-corrected chi connectivity index (χ4v) is 6.32. The number of carbonyl (C=O) groups is 2. The van der Waals surface area contributed by atoms with Gasteiger partial charge in [0.15, 0.2) is 23.0 Å². The maximum atomic E-state index is 12.4. The number of benzene rings is 2. The molecule has 8 radical (unpaired) electrons. The smallest absolute Gasteiger partial charge is 0.311 e. The molecule has 2 aromatic rings. The molecule has 0 saturated heterocycles. The Hall–Kier alpha value is -3.10. The van der Waals surface area contributed by atoms with Crippen LogP contribution in [0.2, 0.25) is 0 Å². The van der Waals surface area contributed by atoms with Crippen molar-refractivity contribution in [1.82, 2.24) is 0 Å². The van der Waals surface area contributed by atoms with Gasteiger partial charge in [-0.2, -0.15) is 10.2 Å². The number of fused-ring (bicyclic) bond motifs is 4. The number of esters is 2. The van der Waals surface area contributed by atoms with Crippen LogP contribution in [0.15, 0.2) is 24.3 Å². The highest BCUT2D eigenvalue weighted by molar-refractivity contribution is 5.80. The molecule has 0 heterocycles. The molecule has 0 aliphatic heterocycles. The van der Waals surface area contributed by atoms with Gasteiger partial charge < -0.3 is 18.9 Å². The normalized spacial score (nSPS) is 20.8. The van der Waals surface area contributed by atoms with Gasteiger partial charge in [-0.15, -0.1) is 0 Å². The number of ether oxygens (including phenoxy) is 4. The molecule has 2 aromatic carbocycles. The summed E-state index contributed by atoms with van der Waals surface area (Å²) in [6.45, 7) is 28.3. The zero-order valence-corrected chi connectivity index (χ0v) is 23.1. The van der Waals surface area contributed by atoms with Gasteiger partial charge in [0, 0.05) is 33.1 Å². The predicted molar refractivity (Wildman–Crippen MR) is 139 cm³/mol. The zero-order valence-electron chi connectivity index (χ0n) is 23.1. The second-order valence-corrected chi connectivity index (χ2v) is 12.1. The summed E-state index contributed by atoms with van der Waals surface area (Å²) in [6.07, 6.45) is 1.24. The highest BCUT2D eigenvalue weighted by Gasteiger charge is 2.57. The minimum absolute atomic E-state index is 0.00765. The first-order valence-electron chi connectivity index (χ1n) is 12.5. The van der Waals surface area contributed by atoms with Crippen LogP contribution < -0.4 is 18.9 Å². The van der Waals surface area contributed by atoms with E-state index in [-0.39, 0.29) is 23.0 Å². The van der Waals surface area contributed by atoms with Gasteiger partial charge in [-0.1, -0.05) is 27.7 Å². The summed E-state index contributed by atoms with van der Waals surface area (Å²) in [4.78, 5) is 23.5. The molecular weight excluding hydrogens is 500 g/mol. The molecule has 0 N–H and O–H groups in total. The van der Waals surface area contributed by atoms with Crippen molar-refractivity contribution < 1.29 is 38.7 Å². The predicted octanol–water partition coefficient (Wildman–Crippen LogP) is 5.29. The highest BCUT2D eigenvalue weighted by Crippen LogP contribution is 2.65. The topological polar surface area (TPSA) is 111 Å². The molecule has 0 saturated carbocycles. The van der Waals surface area contributed by atoms with Crippen molar-refractivity contribution in [2.45, 2.75) is 82.2 Å². The van der Waals surface area contributed by atoms with Crippen LogP contribution in [0.4, 0.5) is 0 Å². The van der Waals surface area contributed by atoms with Crippen LogP contribution in [-0.2, 0) is 36.0 Å². The molecule has 0 bridgehead atoms. The van der Waals surface area contributed by atoms with Gasteiger partial charge in [0.25, 0.3) is 0 Å². The molecule has 0 amide bonds. The number of rotatable bonds is 6. The second-order valence-electron chi connectivity index (χ2n) is 12.1. The Labute approximate surface area is 230 Å². The lowest BCUT2D eigenvalue weighted by molar-refractivity contribution is -0.147. The maximum Gasteiger partial charge on any atom is 0.311 e. The fraction of sp³-hybridized carbons (Fsp3) is 0.419. The Morgan fingerprint density at radius 3 is 1.33 bits per heavy atom. The molecule has 2 aliphatic carbocycles. The van der Waals surface area contributed by atoms with E-state index in [1.165, 1.54) is 0 Å². The molecule has 3 atom stereocenters. The van der Waals surface area contributed by atoms with E-state index in [0.717, 1.165) is 36.1 Å². The Morgan fingerprint density at radius 1 is 0.692 bits per heavy atom. The fourth-order valence-electron chi connectivity index (χ4n) is 6.32. The molecule has 4 rings (SSSR count). The summed E-state index contributed by atoms with van der Waals surface area (Å²) < 4.78 is 21.6. The lowest BCUT2D eigenvalue weighted by Crippen LogP contribution is -2.30. The number of carbonyl (C=O) groups excluding carboxylic acids is 2. The van der Waals surface area contributed by atoms with Gasteiger partial charge in [-0.25, -0.2) is 0 Å². The van der Waals surface area contributed by atoms with E-state index in [0.29, 0.717) is 12.8 Å². The van der Waals surface area contributed by atoms with Crippen molar-refractivity contribution in [2.75, 3.05) is 0 Å². The van der Waals surface area contributed by atoms with Crippen LogP contribution in [-0.4, -0.2) is 23.5 Å². The number of hydrogen-bond donors (Lipinski definition) is 0. The quantitative estimate of drug-likeness (QED) is 0.284.